The van der Waals surface area contributed by atoms with Gasteiger partial charge in [0.15, 0.2) is 0 Å². The SMILES string of the molecule is CC=CC1(c2ccccc2Oc2ccccc2)CC1c1ccccc1. The minimum absolute atomic E-state index is 0.0292. The average molecular weight is 326 g/mol. The molecule has 4 rings (SSSR count). The minimum atomic E-state index is 0.0292. The molecule has 3 aromatic carbocycles. The molecular weight excluding hydrogens is 304 g/mol. The van der Waals surface area contributed by atoms with Crippen molar-refractivity contribution in [3.05, 3.63) is 108 Å². The summed E-state index contributed by atoms with van der Waals surface area (Å²) in [5, 5.41) is 0. The van der Waals surface area contributed by atoms with E-state index in [2.05, 4.69) is 67.6 Å². The Morgan fingerprint density at radius 2 is 1.48 bits per heavy atom. The molecule has 0 spiro atoms. The van der Waals surface area contributed by atoms with Crippen LogP contribution in [-0.2, 0) is 5.41 Å². The highest BCUT2D eigenvalue weighted by Crippen LogP contribution is 2.63. The molecule has 3 aromatic rings. The predicted octanol–water partition coefficient (Wildman–Crippen LogP) is 6.48. The standard InChI is InChI=1S/C24H22O/c1-2-17-24(18-22(24)19-11-5-3-6-12-19)21-15-9-10-16-23(21)25-20-13-7-4-8-14-20/h2-17,22H,18H2,1H3. The fourth-order valence-corrected chi connectivity index (χ4v) is 3.80. The van der Waals surface area contributed by atoms with E-state index in [1.165, 1.54) is 11.1 Å². The van der Waals surface area contributed by atoms with Gasteiger partial charge in [-0.05, 0) is 43.0 Å². The molecule has 1 aliphatic rings. The first-order valence-corrected chi connectivity index (χ1v) is 8.85. The zero-order chi connectivity index (χ0) is 17.1. The highest BCUT2D eigenvalue weighted by atomic mass is 16.5. The van der Waals surface area contributed by atoms with E-state index < -0.39 is 0 Å². The van der Waals surface area contributed by atoms with Gasteiger partial charge in [-0.2, -0.15) is 0 Å². The summed E-state index contributed by atoms with van der Waals surface area (Å²) in [5.74, 6) is 2.33. The van der Waals surface area contributed by atoms with Crippen molar-refractivity contribution in [2.75, 3.05) is 0 Å². The maximum atomic E-state index is 6.23. The number of para-hydroxylation sites is 2. The van der Waals surface area contributed by atoms with Crippen LogP contribution in [0.1, 0.15) is 30.4 Å². The van der Waals surface area contributed by atoms with Crippen LogP contribution < -0.4 is 4.74 Å². The van der Waals surface area contributed by atoms with Crippen molar-refractivity contribution in [2.45, 2.75) is 24.7 Å². The molecule has 25 heavy (non-hydrogen) atoms. The molecule has 2 atom stereocenters. The van der Waals surface area contributed by atoms with Crippen LogP contribution in [0.2, 0.25) is 0 Å². The maximum absolute atomic E-state index is 6.23. The molecule has 1 heteroatoms. The first kappa shape index (κ1) is 15.7. The van der Waals surface area contributed by atoms with Crippen molar-refractivity contribution in [2.24, 2.45) is 0 Å². The fraction of sp³-hybridized carbons (Fsp3) is 0.167. The number of allylic oxidation sites excluding steroid dienone is 2. The van der Waals surface area contributed by atoms with Crippen LogP contribution >= 0.6 is 0 Å². The normalized spacial score (nSPS) is 22.0. The van der Waals surface area contributed by atoms with Crippen LogP contribution in [0.3, 0.4) is 0 Å². The van der Waals surface area contributed by atoms with E-state index in [9.17, 15) is 0 Å². The smallest absolute Gasteiger partial charge is 0.131 e. The Balaban J connectivity index is 1.73. The number of hydrogen-bond acceptors (Lipinski definition) is 1. The topological polar surface area (TPSA) is 9.23 Å². The monoisotopic (exact) mass is 326 g/mol. The second kappa shape index (κ2) is 6.60. The van der Waals surface area contributed by atoms with Crippen LogP contribution in [0, 0.1) is 0 Å². The Kier molecular flexibility index (Phi) is 4.15. The van der Waals surface area contributed by atoms with Gasteiger partial charge < -0.3 is 4.74 Å². The molecule has 0 N–H and O–H groups in total. The van der Waals surface area contributed by atoms with Gasteiger partial charge in [-0.1, -0.05) is 78.9 Å². The molecule has 0 aliphatic heterocycles. The van der Waals surface area contributed by atoms with Gasteiger partial charge in [-0.3, -0.25) is 0 Å². The molecule has 1 fully saturated rings. The van der Waals surface area contributed by atoms with E-state index in [1.54, 1.807) is 0 Å². The Bertz CT molecular complexity index is 867. The third-order valence-corrected chi connectivity index (χ3v) is 5.03. The largest absolute Gasteiger partial charge is 0.457 e. The predicted molar refractivity (Wildman–Crippen MR) is 103 cm³/mol. The zero-order valence-corrected chi connectivity index (χ0v) is 14.4. The van der Waals surface area contributed by atoms with Gasteiger partial charge >= 0.3 is 0 Å². The van der Waals surface area contributed by atoms with E-state index >= 15 is 0 Å². The fourth-order valence-electron chi connectivity index (χ4n) is 3.80. The lowest BCUT2D eigenvalue weighted by Crippen LogP contribution is -2.08. The highest BCUT2D eigenvalue weighted by Gasteiger charge is 2.55. The summed E-state index contributed by atoms with van der Waals surface area (Å²) in [6.07, 6.45) is 5.64. The van der Waals surface area contributed by atoms with E-state index in [-0.39, 0.29) is 5.41 Å². The second-order valence-corrected chi connectivity index (χ2v) is 6.62. The van der Waals surface area contributed by atoms with Crippen molar-refractivity contribution in [1.82, 2.24) is 0 Å². The number of benzene rings is 3. The van der Waals surface area contributed by atoms with Gasteiger partial charge in [0.1, 0.15) is 11.5 Å². The van der Waals surface area contributed by atoms with Crippen molar-refractivity contribution in [3.63, 3.8) is 0 Å². The summed E-state index contributed by atoms with van der Waals surface area (Å²) in [6, 6.07) is 29.3. The van der Waals surface area contributed by atoms with Crippen LogP contribution in [0.5, 0.6) is 11.5 Å². The summed E-state index contributed by atoms with van der Waals surface area (Å²) in [5.41, 5.74) is 2.70. The summed E-state index contributed by atoms with van der Waals surface area (Å²) < 4.78 is 6.23. The molecular formula is C24H22O. The van der Waals surface area contributed by atoms with Crippen molar-refractivity contribution in [3.8, 4) is 11.5 Å². The first-order valence-electron chi connectivity index (χ1n) is 8.85. The molecule has 0 amide bonds. The lowest BCUT2D eigenvalue weighted by molar-refractivity contribution is 0.472. The molecule has 124 valence electrons. The van der Waals surface area contributed by atoms with Gasteiger partial charge in [0, 0.05) is 11.0 Å². The molecule has 1 aliphatic carbocycles. The van der Waals surface area contributed by atoms with Crippen LogP contribution in [0.4, 0.5) is 0 Å². The summed E-state index contributed by atoms with van der Waals surface area (Å²) in [4.78, 5) is 0. The molecule has 0 heterocycles. The molecule has 1 nitrogen and oxygen atoms in total. The van der Waals surface area contributed by atoms with Crippen LogP contribution in [0.15, 0.2) is 97.1 Å². The lowest BCUT2D eigenvalue weighted by atomic mass is 9.89. The van der Waals surface area contributed by atoms with Crippen molar-refractivity contribution in [1.29, 1.82) is 0 Å². The zero-order valence-electron chi connectivity index (χ0n) is 14.4. The number of ether oxygens (including phenoxy) is 1. The summed E-state index contributed by atoms with van der Waals surface area (Å²) in [7, 11) is 0. The van der Waals surface area contributed by atoms with Gasteiger partial charge in [0.05, 0.1) is 0 Å². The molecule has 2 unspecified atom stereocenters. The van der Waals surface area contributed by atoms with E-state index in [1.807, 2.05) is 36.4 Å². The van der Waals surface area contributed by atoms with E-state index in [0.29, 0.717) is 5.92 Å². The minimum Gasteiger partial charge on any atom is -0.457 e. The molecule has 0 radical (unpaired) electrons. The lowest BCUT2D eigenvalue weighted by Gasteiger charge is -2.19. The highest BCUT2D eigenvalue weighted by molar-refractivity contribution is 5.54. The summed E-state index contributed by atoms with van der Waals surface area (Å²) in [6.45, 7) is 2.10. The van der Waals surface area contributed by atoms with E-state index in [0.717, 1.165) is 17.9 Å². The third kappa shape index (κ3) is 2.98. The number of hydrogen-bond donors (Lipinski definition) is 0. The Morgan fingerprint density at radius 1 is 0.840 bits per heavy atom. The quantitative estimate of drug-likeness (QED) is 0.487. The second-order valence-electron chi connectivity index (χ2n) is 6.62. The van der Waals surface area contributed by atoms with Crippen molar-refractivity contribution >= 4 is 0 Å². The van der Waals surface area contributed by atoms with E-state index in [4.69, 9.17) is 4.74 Å². The average Bonchev–Trinajstić information content (AvgIpc) is 3.39. The molecule has 1 saturated carbocycles. The van der Waals surface area contributed by atoms with Gasteiger partial charge in [-0.25, -0.2) is 0 Å². The Morgan fingerprint density at radius 3 is 2.20 bits per heavy atom. The maximum Gasteiger partial charge on any atom is 0.131 e. The third-order valence-electron chi connectivity index (χ3n) is 5.03. The molecule has 0 saturated heterocycles. The number of rotatable bonds is 5. The van der Waals surface area contributed by atoms with Gasteiger partial charge in [0.2, 0.25) is 0 Å². The van der Waals surface area contributed by atoms with Gasteiger partial charge in [0.25, 0.3) is 0 Å². The van der Waals surface area contributed by atoms with Gasteiger partial charge in [-0.15, -0.1) is 0 Å². The molecule has 0 bridgehead atoms. The first-order chi connectivity index (χ1) is 12.3. The van der Waals surface area contributed by atoms with Crippen molar-refractivity contribution < 1.29 is 4.74 Å². The summed E-state index contributed by atoms with van der Waals surface area (Å²) >= 11 is 0. The molecule has 0 aromatic heterocycles. The van der Waals surface area contributed by atoms with Crippen LogP contribution in [-0.4, -0.2) is 0 Å². The Labute approximate surface area is 149 Å². The Hall–Kier alpha value is -2.80. The van der Waals surface area contributed by atoms with Crippen LogP contribution in [0.25, 0.3) is 0 Å².